The maximum absolute atomic E-state index is 13.6. The summed E-state index contributed by atoms with van der Waals surface area (Å²) in [7, 11) is 0. The lowest BCUT2D eigenvalue weighted by molar-refractivity contribution is -0.525. The predicted molar refractivity (Wildman–Crippen MR) is 185 cm³/mol. The van der Waals surface area contributed by atoms with Gasteiger partial charge < -0.3 is 37.3 Å². The lowest BCUT2D eigenvalue weighted by Crippen LogP contribution is -2.54. The van der Waals surface area contributed by atoms with Crippen molar-refractivity contribution in [3.8, 4) is 0 Å². The van der Waals surface area contributed by atoms with E-state index in [9.17, 15) is 39.4 Å². The molecule has 2 rings (SSSR count). The first-order valence-corrected chi connectivity index (χ1v) is 16.0. The number of ether oxygens (including phenoxy) is 2. The van der Waals surface area contributed by atoms with Gasteiger partial charge in [0.2, 0.25) is 11.8 Å². The molecule has 2 amide bonds. The van der Waals surface area contributed by atoms with Crippen molar-refractivity contribution in [2.24, 2.45) is 27.2 Å². The molecule has 0 saturated carbocycles. The number of rotatable bonds is 22. The van der Waals surface area contributed by atoms with E-state index in [-0.39, 0.29) is 64.8 Å². The highest BCUT2D eigenvalue weighted by Crippen LogP contribution is 2.10. The van der Waals surface area contributed by atoms with Crippen molar-refractivity contribution in [3.63, 3.8) is 0 Å². The molecule has 0 spiro atoms. The fourth-order valence-corrected chi connectivity index (χ4v) is 4.37. The van der Waals surface area contributed by atoms with Crippen molar-refractivity contribution in [2.75, 3.05) is 13.1 Å². The van der Waals surface area contributed by atoms with Crippen molar-refractivity contribution >= 4 is 35.7 Å². The maximum atomic E-state index is 13.6. The summed E-state index contributed by atoms with van der Waals surface area (Å²) in [5, 5.41) is 24.3. The molecule has 0 aliphatic rings. The van der Waals surface area contributed by atoms with Gasteiger partial charge in [0.25, 0.3) is 11.9 Å². The molecule has 0 aliphatic carbocycles. The van der Waals surface area contributed by atoms with Crippen LogP contribution in [0.25, 0.3) is 0 Å². The number of nitro groups is 2. The number of nitrogens with two attached hydrogens (primary N) is 3. The monoisotopic (exact) mass is 729 g/mol. The average molecular weight is 730 g/mol. The largest absolute Gasteiger partial charge is 0.461 e. The first kappa shape index (κ1) is 41.8. The van der Waals surface area contributed by atoms with Crippen LogP contribution in [-0.4, -0.2) is 77.0 Å². The molecule has 21 nitrogen and oxygen atoms in total. The summed E-state index contributed by atoms with van der Waals surface area (Å²) in [6, 6.07) is 13.9. The van der Waals surface area contributed by atoms with Gasteiger partial charge in [0, 0.05) is 19.5 Å². The third kappa shape index (κ3) is 17.9. The second kappa shape index (κ2) is 23.1. The zero-order valence-electron chi connectivity index (χ0n) is 28.2. The van der Waals surface area contributed by atoms with Crippen LogP contribution in [0.2, 0.25) is 0 Å². The fourth-order valence-electron chi connectivity index (χ4n) is 4.37. The van der Waals surface area contributed by atoms with E-state index < -0.39 is 63.9 Å². The molecule has 3 atom stereocenters. The number of carbonyl (C=O) groups excluding carboxylic acids is 4. The summed E-state index contributed by atoms with van der Waals surface area (Å²) in [6.07, 6.45) is -0.177. The molecule has 0 aliphatic heterocycles. The van der Waals surface area contributed by atoms with Crippen LogP contribution in [0.5, 0.6) is 0 Å². The Morgan fingerprint density at radius 2 is 1.17 bits per heavy atom. The fraction of sp³-hybridized carbons (Fsp3) is 0.419. The standard InChI is InChI=1S/C31H43N11O10/c32-23(13-7-17-35-30(33)39-41(47)48)27(44)37-24(15-16-26(43)51-19-21-9-3-1-4-10-21)28(45)38-25(14-8-18-36-31(34)40-42(49)50)29(46)52-20-22-11-5-2-6-12-22/h1-6,9-12,23-25H,7-8,13-20,32H2,(H,37,44)(H,38,45)(H3,33,35,39)(H3,34,36,40). The van der Waals surface area contributed by atoms with Gasteiger partial charge >= 0.3 is 11.9 Å². The first-order valence-electron chi connectivity index (χ1n) is 16.0. The Labute approximate surface area is 298 Å². The lowest BCUT2D eigenvalue weighted by atomic mass is 10.1. The van der Waals surface area contributed by atoms with Gasteiger partial charge in [-0.25, -0.2) is 35.0 Å². The first-order chi connectivity index (χ1) is 24.8. The molecule has 0 heterocycles. The number of carbonyl (C=O) groups is 4. The number of guanidine groups is 2. The molecule has 0 aromatic heterocycles. The summed E-state index contributed by atoms with van der Waals surface area (Å²) < 4.78 is 10.7. The number of nitrogens with zero attached hydrogens (tertiary/aromatic N) is 4. The van der Waals surface area contributed by atoms with Gasteiger partial charge in [-0.1, -0.05) is 71.5 Å². The topological polar surface area (TPSA) is 324 Å². The van der Waals surface area contributed by atoms with Crippen LogP contribution < -0.4 is 38.7 Å². The van der Waals surface area contributed by atoms with Crippen molar-refractivity contribution in [3.05, 3.63) is 92.0 Å². The molecule has 52 heavy (non-hydrogen) atoms. The second-order valence-electron chi connectivity index (χ2n) is 11.1. The van der Waals surface area contributed by atoms with Gasteiger partial charge in [-0.15, -0.1) is 0 Å². The zero-order valence-corrected chi connectivity index (χ0v) is 28.2. The Kier molecular flexibility index (Phi) is 18.6. The molecule has 2 aromatic rings. The quantitative estimate of drug-likeness (QED) is 0.0197. The number of hydrogen-bond donors (Lipinski definition) is 7. The highest BCUT2D eigenvalue weighted by Gasteiger charge is 2.29. The number of aliphatic imine (C=N–C) groups is 2. The van der Waals surface area contributed by atoms with Crippen LogP contribution in [0.4, 0.5) is 0 Å². The Morgan fingerprint density at radius 1 is 0.692 bits per heavy atom. The molecule has 0 bridgehead atoms. The minimum absolute atomic E-state index is 0.00931. The van der Waals surface area contributed by atoms with E-state index in [4.69, 9.17) is 26.7 Å². The molecular formula is C31H43N11O10. The number of hydrogen-bond acceptors (Lipinski definition) is 13. The molecule has 10 N–H and O–H groups in total. The third-order valence-corrected chi connectivity index (χ3v) is 6.97. The number of amides is 2. The van der Waals surface area contributed by atoms with Gasteiger partial charge in [-0.3, -0.25) is 14.4 Å². The molecule has 0 saturated heterocycles. The van der Waals surface area contributed by atoms with Crippen LogP contribution in [0.3, 0.4) is 0 Å². The highest BCUT2D eigenvalue weighted by molar-refractivity contribution is 5.92. The number of hydrazine groups is 2. The molecule has 0 radical (unpaired) electrons. The van der Waals surface area contributed by atoms with E-state index in [1.807, 2.05) is 0 Å². The minimum atomic E-state index is -1.36. The van der Waals surface area contributed by atoms with Gasteiger partial charge in [0.15, 0.2) is 10.1 Å². The van der Waals surface area contributed by atoms with Gasteiger partial charge in [0.05, 0.1) is 6.04 Å². The van der Waals surface area contributed by atoms with Gasteiger partial charge in [0.1, 0.15) is 25.3 Å². The summed E-state index contributed by atoms with van der Waals surface area (Å²) in [6.45, 7) is -0.165. The second-order valence-corrected chi connectivity index (χ2v) is 11.1. The van der Waals surface area contributed by atoms with Crippen molar-refractivity contribution in [1.29, 1.82) is 0 Å². The summed E-state index contributed by atoms with van der Waals surface area (Å²) in [5.41, 5.74) is 21.6. The Bertz CT molecular complexity index is 1540. The molecular weight excluding hydrogens is 686 g/mol. The lowest BCUT2D eigenvalue weighted by Gasteiger charge is -2.24. The van der Waals surface area contributed by atoms with Crippen molar-refractivity contribution < 1.29 is 38.7 Å². The Morgan fingerprint density at radius 3 is 1.69 bits per heavy atom. The van der Waals surface area contributed by atoms with E-state index in [1.165, 1.54) is 0 Å². The van der Waals surface area contributed by atoms with Gasteiger partial charge in [-0.2, -0.15) is 0 Å². The van der Waals surface area contributed by atoms with Crippen LogP contribution in [0, 0.1) is 20.2 Å². The highest BCUT2D eigenvalue weighted by atomic mass is 16.7. The van der Waals surface area contributed by atoms with Gasteiger partial charge in [-0.05, 0) is 43.2 Å². The smallest absolute Gasteiger partial charge is 0.328 e. The molecule has 2 aromatic carbocycles. The third-order valence-electron chi connectivity index (χ3n) is 6.97. The summed E-state index contributed by atoms with van der Waals surface area (Å²) in [4.78, 5) is 81.0. The average Bonchev–Trinajstić information content (AvgIpc) is 3.11. The Balaban J connectivity index is 2.15. The molecule has 3 unspecified atom stereocenters. The number of benzene rings is 2. The van der Waals surface area contributed by atoms with E-state index in [0.29, 0.717) is 5.56 Å². The van der Waals surface area contributed by atoms with E-state index in [1.54, 1.807) is 71.5 Å². The SMILES string of the molecule is NC(=NCCCC(N)C(=O)NC(CCC(=O)OCc1ccccc1)C(=O)NC(CCCN=C(N)N[N+](=O)[O-])C(=O)OCc1ccccc1)N[N+](=O)[O-]. The summed E-state index contributed by atoms with van der Waals surface area (Å²) in [5.74, 6) is -3.95. The molecule has 0 fully saturated rings. The zero-order chi connectivity index (χ0) is 38.3. The van der Waals surface area contributed by atoms with Crippen LogP contribution in [0.1, 0.15) is 49.7 Å². The minimum Gasteiger partial charge on any atom is -0.461 e. The van der Waals surface area contributed by atoms with E-state index in [0.717, 1.165) is 5.56 Å². The maximum Gasteiger partial charge on any atom is 0.328 e. The van der Waals surface area contributed by atoms with Crippen LogP contribution >= 0.6 is 0 Å². The van der Waals surface area contributed by atoms with Crippen LogP contribution in [-0.2, 0) is 41.9 Å². The molecule has 282 valence electrons. The van der Waals surface area contributed by atoms with Crippen molar-refractivity contribution in [1.82, 2.24) is 21.5 Å². The predicted octanol–water partition coefficient (Wildman–Crippen LogP) is -0.697. The Hall–Kier alpha value is -6.38. The van der Waals surface area contributed by atoms with E-state index >= 15 is 0 Å². The summed E-state index contributed by atoms with van der Waals surface area (Å²) >= 11 is 0. The normalized spacial score (nSPS) is 13.1. The number of esters is 2. The molecule has 21 heteroatoms. The van der Waals surface area contributed by atoms with Crippen LogP contribution in [0.15, 0.2) is 70.6 Å². The number of nitrogens with one attached hydrogen (secondary N) is 4. The van der Waals surface area contributed by atoms with E-state index in [2.05, 4.69) is 20.6 Å². The van der Waals surface area contributed by atoms with Crippen molar-refractivity contribution in [2.45, 2.75) is 69.9 Å².